The van der Waals surface area contributed by atoms with Gasteiger partial charge < -0.3 is 15.7 Å². The fourth-order valence-corrected chi connectivity index (χ4v) is 1.56. The molecular formula is C14H24N2O. The first kappa shape index (κ1) is 14.2. The molecule has 1 unspecified atom stereocenters. The predicted molar refractivity (Wildman–Crippen MR) is 72.0 cm³/mol. The largest absolute Gasteiger partial charge is 0.387 e. The van der Waals surface area contributed by atoms with E-state index in [4.69, 9.17) is 0 Å². The first-order chi connectivity index (χ1) is 7.99. The van der Waals surface area contributed by atoms with Gasteiger partial charge in [0.05, 0.1) is 6.10 Å². The average Bonchev–Trinajstić information content (AvgIpc) is 2.28. The number of aliphatic hydroxyl groups is 1. The van der Waals surface area contributed by atoms with Gasteiger partial charge in [-0.15, -0.1) is 0 Å². The molecule has 1 rings (SSSR count). The molecule has 0 amide bonds. The summed E-state index contributed by atoms with van der Waals surface area (Å²) in [6, 6.07) is 9.73. The molecule has 0 aliphatic carbocycles. The van der Waals surface area contributed by atoms with Crippen LogP contribution in [0, 0.1) is 0 Å². The molecular weight excluding hydrogens is 212 g/mol. The zero-order valence-corrected chi connectivity index (χ0v) is 11.0. The van der Waals surface area contributed by atoms with E-state index in [1.165, 1.54) is 0 Å². The van der Waals surface area contributed by atoms with Crippen molar-refractivity contribution in [3.8, 4) is 0 Å². The molecule has 0 aliphatic heterocycles. The minimum atomic E-state index is -0.425. The summed E-state index contributed by atoms with van der Waals surface area (Å²) in [5.74, 6) is 0. The molecule has 17 heavy (non-hydrogen) atoms. The Bertz CT molecular complexity index is 306. The Morgan fingerprint density at radius 2 is 1.76 bits per heavy atom. The maximum Gasteiger partial charge on any atom is 0.0914 e. The summed E-state index contributed by atoms with van der Waals surface area (Å²) < 4.78 is 0. The van der Waals surface area contributed by atoms with Gasteiger partial charge in [0.2, 0.25) is 0 Å². The first-order valence-electron chi connectivity index (χ1n) is 6.18. The molecule has 3 heteroatoms. The minimum Gasteiger partial charge on any atom is -0.387 e. The first-order valence-corrected chi connectivity index (χ1v) is 6.18. The van der Waals surface area contributed by atoms with Crippen molar-refractivity contribution in [2.75, 3.05) is 19.6 Å². The molecule has 3 nitrogen and oxygen atoms in total. The number of aliphatic hydroxyl groups excluding tert-OH is 1. The van der Waals surface area contributed by atoms with Crippen LogP contribution in [0.5, 0.6) is 0 Å². The lowest BCUT2D eigenvalue weighted by atomic mass is 10.1. The highest BCUT2D eigenvalue weighted by Crippen LogP contribution is 2.10. The fraction of sp³-hybridized carbons (Fsp3) is 0.571. The SMILES string of the molecule is CC(C)(C)NCCNCC(O)c1ccccc1. The molecule has 3 N–H and O–H groups in total. The third-order valence-corrected chi connectivity index (χ3v) is 2.48. The smallest absolute Gasteiger partial charge is 0.0914 e. The topological polar surface area (TPSA) is 44.3 Å². The molecule has 1 atom stereocenters. The van der Waals surface area contributed by atoms with Crippen molar-refractivity contribution >= 4 is 0 Å². The summed E-state index contributed by atoms with van der Waals surface area (Å²) in [7, 11) is 0. The maximum absolute atomic E-state index is 9.90. The zero-order chi connectivity index (χ0) is 12.7. The molecule has 1 aromatic rings. The second-order valence-electron chi connectivity index (χ2n) is 5.31. The molecule has 96 valence electrons. The van der Waals surface area contributed by atoms with Crippen molar-refractivity contribution in [3.63, 3.8) is 0 Å². The van der Waals surface area contributed by atoms with Crippen LogP contribution in [0.25, 0.3) is 0 Å². The Kier molecular flexibility index (Phi) is 5.62. The molecule has 0 aliphatic rings. The van der Waals surface area contributed by atoms with Crippen LogP contribution in [0.2, 0.25) is 0 Å². The van der Waals surface area contributed by atoms with Crippen molar-refractivity contribution in [3.05, 3.63) is 35.9 Å². The van der Waals surface area contributed by atoms with E-state index in [0.717, 1.165) is 18.7 Å². The van der Waals surface area contributed by atoms with E-state index in [1.54, 1.807) is 0 Å². The van der Waals surface area contributed by atoms with Crippen molar-refractivity contribution in [2.45, 2.75) is 32.4 Å². The van der Waals surface area contributed by atoms with Crippen LogP contribution in [-0.4, -0.2) is 30.3 Å². The molecule has 0 bridgehead atoms. The Morgan fingerprint density at radius 3 is 2.35 bits per heavy atom. The number of hydrogen-bond acceptors (Lipinski definition) is 3. The molecule has 0 aromatic heterocycles. The monoisotopic (exact) mass is 236 g/mol. The van der Waals surface area contributed by atoms with E-state index in [-0.39, 0.29) is 5.54 Å². The predicted octanol–water partition coefficient (Wildman–Crippen LogP) is 1.70. The molecule has 0 heterocycles. The van der Waals surface area contributed by atoms with E-state index < -0.39 is 6.10 Å². The summed E-state index contributed by atoms with van der Waals surface area (Å²) in [5.41, 5.74) is 1.11. The highest BCUT2D eigenvalue weighted by molar-refractivity contribution is 5.17. The van der Waals surface area contributed by atoms with Crippen molar-refractivity contribution in [1.29, 1.82) is 0 Å². The third-order valence-electron chi connectivity index (χ3n) is 2.48. The number of benzene rings is 1. The van der Waals surface area contributed by atoms with Gasteiger partial charge in [0, 0.05) is 25.2 Å². The van der Waals surface area contributed by atoms with Gasteiger partial charge >= 0.3 is 0 Å². The summed E-state index contributed by atoms with van der Waals surface area (Å²) in [6.45, 7) is 8.80. The second-order valence-corrected chi connectivity index (χ2v) is 5.31. The van der Waals surface area contributed by atoms with Gasteiger partial charge in [-0.1, -0.05) is 30.3 Å². The fourth-order valence-electron chi connectivity index (χ4n) is 1.56. The summed E-state index contributed by atoms with van der Waals surface area (Å²) in [4.78, 5) is 0. The van der Waals surface area contributed by atoms with Crippen molar-refractivity contribution in [1.82, 2.24) is 10.6 Å². The maximum atomic E-state index is 9.90. The van der Waals surface area contributed by atoms with E-state index >= 15 is 0 Å². The van der Waals surface area contributed by atoms with Crippen LogP contribution in [0.4, 0.5) is 0 Å². The second kappa shape index (κ2) is 6.74. The van der Waals surface area contributed by atoms with Gasteiger partial charge in [-0.05, 0) is 26.3 Å². The Balaban J connectivity index is 2.15. The van der Waals surface area contributed by atoms with Gasteiger partial charge in [0.15, 0.2) is 0 Å². The lowest BCUT2D eigenvalue weighted by molar-refractivity contribution is 0.174. The molecule has 0 radical (unpaired) electrons. The molecule has 0 spiro atoms. The Morgan fingerprint density at radius 1 is 1.12 bits per heavy atom. The van der Waals surface area contributed by atoms with Crippen molar-refractivity contribution < 1.29 is 5.11 Å². The third kappa shape index (κ3) is 6.41. The lowest BCUT2D eigenvalue weighted by Gasteiger charge is -2.21. The average molecular weight is 236 g/mol. The highest BCUT2D eigenvalue weighted by Gasteiger charge is 2.08. The standard InChI is InChI=1S/C14H24N2O/c1-14(2,3)16-10-9-15-11-13(17)12-7-5-4-6-8-12/h4-8,13,15-17H,9-11H2,1-3H3. The quantitative estimate of drug-likeness (QED) is 0.659. The summed E-state index contributed by atoms with van der Waals surface area (Å²) in [5, 5.41) is 16.5. The van der Waals surface area contributed by atoms with Gasteiger partial charge in [0.25, 0.3) is 0 Å². The van der Waals surface area contributed by atoms with Crippen LogP contribution >= 0.6 is 0 Å². The van der Waals surface area contributed by atoms with Crippen LogP contribution < -0.4 is 10.6 Å². The highest BCUT2D eigenvalue weighted by atomic mass is 16.3. The van der Waals surface area contributed by atoms with Crippen LogP contribution in [0.1, 0.15) is 32.4 Å². The van der Waals surface area contributed by atoms with Gasteiger partial charge in [-0.25, -0.2) is 0 Å². The van der Waals surface area contributed by atoms with Gasteiger partial charge in [0.1, 0.15) is 0 Å². The van der Waals surface area contributed by atoms with E-state index in [2.05, 4.69) is 31.4 Å². The minimum absolute atomic E-state index is 0.153. The van der Waals surface area contributed by atoms with E-state index in [0.29, 0.717) is 6.54 Å². The molecule has 0 fully saturated rings. The summed E-state index contributed by atoms with van der Waals surface area (Å²) in [6.07, 6.45) is -0.425. The lowest BCUT2D eigenvalue weighted by Crippen LogP contribution is -2.40. The Labute approximate surface area is 104 Å². The van der Waals surface area contributed by atoms with Crippen LogP contribution in [-0.2, 0) is 0 Å². The van der Waals surface area contributed by atoms with Crippen molar-refractivity contribution in [2.24, 2.45) is 0 Å². The number of nitrogens with one attached hydrogen (secondary N) is 2. The summed E-state index contributed by atoms with van der Waals surface area (Å²) >= 11 is 0. The van der Waals surface area contributed by atoms with Gasteiger partial charge in [-0.2, -0.15) is 0 Å². The van der Waals surface area contributed by atoms with E-state index in [1.807, 2.05) is 30.3 Å². The zero-order valence-electron chi connectivity index (χ0n) is 11.0. The normalized spacial score (nSPS) is 13.6. The van der Waals surface area contributed by atoms with E-state index in [9.17, 15) is 5.11 Å². The molecule has 1 aromatic carbocycles. The molecule has 0 saturated carbocycles. The van der Waals surface area contributed by atoms with Crippen LogP contribution in [0.3, 0.4) is 0 Å². The Hall–Kier alpha value is -0.900. The van der Waals surface area contributed by atoms with Crippen LogP contribution in [0.15, 0.2) is 30.3 Å². The number of hydrogen-bond donors (Lipinski definition) is 3. The number of rotatable bonds is 6. The van der Waals surface area contributed by atoms with Gasteiger partial charge in [-0.3, -0.25) is 0 Å². The molecule has 0 saturated heterocycles.